The fourth-order valence-corrected chi connectivity index (χ4v) is 0.0956. The molecule has 0 aliphatic rings. The van der Waals surface area contributed by atoms with Crippen molar-refractivity contribution in [2.75, 3.05) is 6.61 Å². The topological polar surface area (TPSA) is 281 Å². The smallest absolute Gasteiger partial charge is 0.305 e. The van der Waals surface area contributed by atoms with Gasteiger partial charge in [-0.1, -0.05) is 0 Å². The Morgan fingerprint density at radius 3 is 0.533 bits per heavy atom. The van der Waals surface area contributed by atoms with Crippen LogP contribution in [0.1, 0.15) is 48.0 Å². The fourth-order valence-electron chi connectivity index (χ4n) is 0.0956. The Kier molecular flexibility index (Phi) is 60.3. The average Bonchev–Trinajstić information content (AvgIpc) is 2.33. The first kappa shape index (κ1) is 45.2. The van der Waals surface area contributed by atoms with Crippen molar-refractivity contribution in [3.05, 3.63) is 0 Å². The van der Waals surface area contributed by atoms with E-state index in [9.17, 15) is 4.79 Å². The van der Waals surface area contributed by atoms with Crippen molar-refractivity contribution in [3.63, 3.8) is 0 Å². The number of aliphatic carboxylic acids is 7. The molecule has 0 rings (SSSR count). The lowest BCUT2D eigenvalue weighted by molar-refractivity contribution is -0.138. The molecule has 30 heavy (non-hydrogen) atoms. The molecule has 0 amide bonds. The lowest BCUT2D eigenvalue weighted by Crippen LogP contribution is -1.96. The van der Waals surface area contributed by atoms with Gasteiger partial charge in [0.05, 0.1) is 13.0 Å². The summed E-state index contributed by atoms with van der Waals surface area (Å²) >= 11 is 0. The number of hydrogen-bond donors (Lipinski definition) is 8. The lowest BCUT2D eigenvalue weighted by Gasteiger charge is -1.79. The molecule has 15 heteroatoms. The molecule has 0 spiro atoms. The molecule has 0 fully saturated rings. The molecule has 0 aromatic rings. The molecule has 0 aromatic heterocycles. The van der Waals surface area contributed by atoms with Crippen LogP contribution in [-0.4, -0.2) is 89.2 Å². The molecule has 0 saturated carbocycles. The molecule has 0 unspecified atom stereocenters. The fraction of sp³-hybridized carbons (Fsp3) is 0.533. The Morgan fingerprint density at radius 1 is 0.433 bits per heavy atom. The Hall–Kier alpha value is -3.75. The van der Waals surface area contributed by atoms with Crippen molar-refractivity contribution >= 4 is 41.8 Å². The van der Waals surface area contributed by atoms with Gasteiger partial charge in [0, 0.05) is 41.5 Å². The second-order valence-electron chi connectivity index (χ2n) is 3.98. The molecular formula is C15H30O15. The minimum absolute atomic E-state index is 0.153. The maximum Gasteiger partial charge on any atom is 0.305 e. The summed E-state index contributed by atoms with van der Waals surface area (Å²) < 4.78 is 0. The maximum atomic E-state index is 9.44. The highest BCUT2D eigenvalue weighted by atomic mass is 16.4. The number of rotatable bonds is 2. The van der Waals surface area contributed by atoms with Gasteiger partial charge in [-0.05, 0) is 0 Å². The molecule has 0 atom stereocenters. The van der Waals surface area contributed by atoms with Crippen molar-refractivity contribution in [3.8, 4) is 0 Å². The van der Waals surface area contributed by atoms with Crippen LogP contribution in [0.25, 0.3) is 0 Å². The van der Waals surface area contributed by atoms with Crippen molar-refractivity contribution in [2.24, 2.45) is 0 Å². The number of aliphatic hydroxyl groups is 1. The van der Waals surface area contributed by atoms with Crippen LogP contribution in [0.15, 0.2) is 0 Å². The maximum absolute atomic E-state index is 9.44. The molecule has 0 aliphatic heterocycles. The van der Waals surface area contributed by atoms with Crippen LogP contribution in [0.3, 0.4) is 0 Å². The number of carbonyl (C=O) groups is 7. The van der Waals surface area contributed by atoms with Crippen molar-refractivity contribution in [1.29, 1.82) is 0 Å². The zero-order chi connectivity index (χ0) is 26.5. The van der Waals surface area contributed by atoms with Crippen LogP contribution in [0.4, 0.5) is 0 Å². The standard InChI is InChI=1S/C3H6O3.6C2H4O2/c4-2-1-3(5)6;6*1-2(3)4/h4H,1-2H2,(H,5,6);6*1H3,(H,3,4). The van der Waals surface area contributed by atoms with Gasteiger partial charge in [0.15, 0.2) is 0 Å². The number of hydrogen-bond acceptors (Lipinski definition) is 8. The van der Waals surface area contributed by atoms with E-state index in [1.54, 1.807) is 0 Å². The molecule has 0 aliphatic carbocycles. The van der Waals surface area contributed by atoms with Gasteiger partial charge in [-0.25, -0.2) is 0 Å². The molecule has 0 radical (unpaired) electrons. The second-order valence-corrected chi connectivity index (χ2v) is 3.98. The van der Waals surface area contributed by atoms with Gasteiger partial charge in [-0.15, -0.1) is 0 Å². The largest absolute Gasteiger partial charge is 0.481 e. The summed E-state index contributed by atoms with van der Waals surface area (Å²) in [5.74, 6) is -5.96. The minimum Gasteiger partial charge on any atom is -0.481 e. The van der Waals surface area contributed by atoms with Crippen LogP contribution >= 0.6 is 0 Å². The van der Waals surface area contributed by atoms with E-state index in [0.29, 0.717) is 0 Å². The van der Waals surface area contributed by atoms with Gasteiger partial charge in [-0.3, -0.25) is 33.6 Å². The highest BCUT2D eigenvalue weighted by Crippen LogP contribution is 1.70. The molecule has 0 bridgehead atoms. The highest BCUT2D eigenvalue weighted by Gasteiger charge is 1.88. The predicted molar refractivity (Wildman–Crippen MR) is 99.2 cm³/mol. The molecule has 8 N–H and O–H groups in total. The summed E-state index contributed by atoms with van der Waals surface area (Å²) in [5.41, 5.74) is 0. The lowest BCUT2D eigenvalue weighted by atomic mass is 10.5. The van der Waals surface area contributed by atoms with Crippen LogP contribution in [-0.2, 0) is 33.6 Å². The highest BCUT2D eigenvalue weighted by molar-refractivity contribution is 5.66. The Labute approximate surface area is 171 Å². The summed E-state index contributed by atoms with van der Waals surface area (Å²) in [5, 5.41) is 60.1. The summed E-state index contributed by atoms with van der Waals surface area (Å²) in [6.45, 7) is 6.23. The van der Waals surface area contributed by atoms with E-state index in [0.717, 1.165) is 41.5 Å². The third kappa shape index (κ3) is 23300. The first-order valence-electron chi connectivity index (χ1n) is 7.16. The van der Waals surface area contributed by atoms with Crippen LogP contribution in [0.5, 0.6) is 0 Å². The average molecular weight is 450 g/mol. The molecule has 0 saturated heterocycles. The Morgan fingerprint density at radius 2 is 0.533 bits per heavy atom. The predicted octanol–water partition coefficient (Wildman–Crippen LogP) is -0.00120. The molecular weight excluding hydrogens is 420 g/mol. The van der Waals surface area contributed by atoms with E-state index < -0.39 is 41.8 Å². The van der Waals surface area contributed by atoms with E-state index in [2.05, 4.69) is 0 Å². The SMILES string of the molecule is CC(=O)O.CC(=O)O.CC(=O)O.CC(=O)O.CC(=O)O.CC(=O)O.O=C(O)CCO. The van der Waals surface area contributed by atoms with Gasteiger partial charge in [0.2, 0.25) is 0 Å². The molecule has 0 aromatic carbocycles. The third-order valence-corrected chi connectivity index (χ3v) is 0.326. The normalized spacial score (nSPS) is 6.63. The van der Waals surface area contributed by atoms with Gasteiger partial charge >= 0.3 is 5.97 Å². The van der Waals surface area contributed by atoms with E-state index in [4.69, 9.17) is 69.6 Å². The zero-order valence-electron chi connectivity index (χ0n) is 17.3. The van der Waals surface area contributed by atoms with Gasteiger partial charge in [0.1, 0.15) is 0 Å². The monoisotopic (exact) mass is 450 g/mol. The number of carboxylic acids is 7. The molecule has 0 heterocycles. The Balaban J connectivity index is -0.0000000414. The summed E-state index contributed by atoms with van der Waals surface area (Å²) in [6.07, 6.45) is -0.153. The van der Waals surface area contributed by atoms with Crippen LogP contribution in [0.2, 0.25) is 0 Å². The number of aliphatic hydroxyl groups excluding tert-OH is 1. The summed E-state index contributed by atoms with van der Waals surface area (Å²) in [4.78, 5) is 63.4. The van der Waals surface area contributed by atoms with Crippen molar-refractivity contribution < 1.29 is 74.4 Å². The van der Waals surface area contributed by atoms with Crippen molar-refractivity contribution in [2.45, 2.75) is 48.0 Å². The molecule has 180 valence electrons. The van der Waals surface area contributed by atoms with Crippen molar-refractivity contribution in [1.82, 2.24) is 0 Å². The van der Waals surface area contributed by atoms with Crippen LogP contribution < -0.4 is 0 Å². The summed E-state index contributed by atoms with van der Waals surface area (Å²) in [6, 6.07) is 0. The zero-order valence-corrected chi connectivity index (χ0v) is 17.3. The van der Waals surface area contributed by atoms with Gasteiger partial charge in [-0.2, -0.15) is 0 Å². The second kappa shape index (κ2) is 40.1. The Bertz CT molecular complexity index is 365. The summed E-state index contributed by atoms with van der Waals surface area (Å²) in [7, 11) is 0. The first-order valence-corrected chi connectivity index (χ1v) is 7.16. The third-order valence-electron chi connectivity index (χ3n) is 0.326. The van der Waals surface area contributed by atoms with E-state index >= 15 is 0 Å². The van der Waals surface area contributed by atoms with Crippen LogP contribution in [0, 0.1) is 0 Å². The van der Waals surface area contributed by atoms with Gasteiger partial charge in [0.25, 0.3) is 35.8 Å². The first-order chi connectivity index (χ1) is 13.2. The van der Waals surface area contributed by atoms with Gasteiger partial charge < -0.3 is 40.9 Å². The van der Waals surface area contributed by atoms with E-state index in [1.165, 1.54) is 0 Å². The number of carboxylic acid groups (broad SMARTS) is 7. The van der Waals surface area contributed by atoms with E-state index in [-0.39, 0.29) is 13.0 Å². The molecule has 15 nitrogen and oxygen atoms in total. The van der Waals surface area contributed by atoms with E-state index in [1.807, 2.05) is 0 Å². The quantitative estimate of drug-likeness (QED) is 0.274. The minimum atomic E-state index is -0.961.